The fourth-order valence-corrected chi connectivity index (χ4v) is 3.10. The van der Waals surface area contributed by atoms with E-state index in [0.29, 0.717) is 19.3 Å². The van der Waals surface area contributed by atoms with E-state index < -0.39 is 6.69 Å². The lowest BCUT2D eigenvalue weighted by Gasteiger charge is -2.30. The van der Waals surface area contributed by atoms with Crippen LogP contribution in [0.3, 0.4) is 0 Å². The summed E-state index contributed by atoms with van der Waals surface area (Å²) in [4.78, 5) is 13.2. The molecule has 0 aliphatic carbocycles. The molecule has 0 bridgehead atoms. The molecule has 20 heavy (non-hydrogen) atoms. The van der Waals surface area contributed by atoms with Gasteiger partial charge in [-0.3, -0.25) is 4.79 Å². The van der Waals surface area contributed by atoms with Crippen molar-refractivity contribution in [3.63, 3.8) is 0 Å². The van der Waals surface area contributed by atoms with E-state index in [1.807, 2.05) is 30.3 Å². The number of hydrogen-bond donors (Lipinski definition) is 1. The Morgan fingerprint density at radius 1 is 1.20 bits per heavy atom. The fourth-order valence-electron chi connectivity index (χ4n) is 3.10. The third kappa shape index (κ3) is 2.87. The first-order chi connectivity index (χ1) is 9.78. The maximum Gasteiger partial charge on any atom is 0.471 e. The van der Waals surface area contributed by atoms with Gasteiger partial charge in [-0.25, -0.2) is 0 Å². The van der Waals surface area contributed by atoms with Crippen LogP contribution in [-0.2, 0) is 25.4 Å². The first kappa shape index (κ1) is 13.6. The number of nitrogens with one attached hydrogen (secondary N) is 1. The van der Waals surface area contributed by atoms with Crippen molar-refractivity contribution in [3.8, 4) is 0 Å². The van der Waals surface area contributed by atoms with Crippen molar-refractivity contribution >= 4 is 12.7 Å². The van der Waals surface area contributed by atoms with Gasteiger partial charge >= 0.3 is 12.7 Å². The van der Waals surface area contributed by atoms with Crippen molar-refractivity contribution in [2.75, 3.05) is 26.3 Å². The Labute approximate surface area is 118 Å². The lowest BCUT2D eigenvalue weighted by atomic mass is 9.66. The van der Waals surface area contributed by atoms with E-state index >= 15 is 0 Å². The molecule has 0 spiro atoms. The van der Waals surface area contributed by atoms with Gasteiger partial charge in [-0.05, 0) is 5.56 Å². The second-order valence-electron chi connectivity index (χ2n) is 5.45. The summed E-state index contributed by atoms with van der Waals surface area (Å²) in [5.74, 6) is -0.185. The molecule has 1 aromatic rings. The minimum absolute atomic E-state index is 0.185. The summed E-state index contributed by atoms with van der Waals surface area (Å²) < 4.78 is 16.8. The summed E-state index contributed by atoms with van der Waals surface area (Å²) in [6.07, 6.45) is 0.985. The number of carbonyl (C=O) groups is 1. The molecule has 0 unspecified atom stereocenters. The second kappa shape index (κ2) is 5.95. The van der Waals surface area contributed by atoms with Crippen molar-refractivity contribution in [2.45, 2.75) is 19.3 Å². The van der Waals surface area contributed by atoms with Crippen molar-refractivity contribution < 1.29 is 23.7 Å². The highest BCUT2D eigenvalue weighted by molar-refractivity contribution is 6.59. The van der Waals surface area contributed by atoms with Gasteiger partial charge < -0.3 is 18.9 Å². The zero-order valence-electron chi connectivity index (χ0n) is 11.5. The van der Waals surface area contributed by atoms with Crippen molar-refractivity contribution in [1.82, 2.24) is 0 Å². The molecule has 0 amide bonds. The summed E-state index contributed by atoms with van der Waals surface area (Å²) in [5, 5.41) is 0. The van der Waals surface area contributed by atoms with Crippen LogP contribution in [-0.4, -0.2) is 39.0 Å². The largest absolute Gasteiger partial charge is 0.510 e. The smallest absolute Gasteiger partial charge is 0.471 e. The van der Waals surface area contributed by atoms with Gasteiger partial charge in [-0.1, -0.05) is 36.7 Å². The molecule has 0 atom stereocenters. The summed E-state index contributed by atoms with van der Waals surface area (Å²) in [6.45, 7) is 2.47. The Bertz CT molecular complexity index is 458. The SMILES string of the molecule is O=C(CC[B-]12OCC[NH+]1CCO2)OCc1ccccc1. The second-order valence-corrected chi connectivity index (χ2v) is 5.45. The predicted octanol–water partition coefficient (Wildman–Crippen LogP) is 0.00410. The highest BCUT2D eigenvalue weighted by Gasteiger charge is 2.49. The van der Waals surface area contributed by atoms with Crippen molar-refractivity contribution in [1.29, 1.82) is 0 Å². The molecule has 5 nitrogen and oxygen atoms in total. The van der Waals surface area contributed by atoms with E-state index in [9.17, 15) is 4.79 Å². The number of carbonyl (C=O) groups excluding carboxylic acids is 1. The van der Waals surface area contributed by atoms with Crippen LogP contribution in [0.5, 0.6) is 0 Å². The molecule has 0 saturated carbocycles. The number of esters is 1. The molecule has 0 radical (unpaired) electrons. The Kier molecular flexibility index (Phi) is 4.05. The lowest BCUT2D eigenvalue weighted by Crippen LogP contribution is -3.19. The molecule has 2 aliphatic heterocycles. The number of quaternary nitrogens is 1. The van der Waals surface area contributed by atoms with Gasteiger partial charge in [0.1, 0.15) is 6.61 Å². The summed E-state index contributed by atoms with van der Waals surface area (Å²) >= 11 is 0. The van der Waals surface area contributed by atoms with Crippen LogP contribution < -0.4 is 4.81 Å². The van der Waals surface area contributed by atoms with Gasteiger partial charge in [-0.15, -0.1) is 0 Å². The molecular weight excluding hydrogens is 257 g/mol. The standard InChI is InChI=1S/C14H20BNO4/c17-14(18-12-13-4-2-1-3-5-13)6-7-15-16(8-10-19-15)9-11-20-15/h1-5,16H,6-12H2. The molecule has 1 N–H and O–H groups in total. The molecule has 1 aromatic carbocycles. The molecule has 2 aliphatic rings. The molecule has 108 valence electrons. The molecule has 6 heteroatoms. The van der Waals surface area contributed by atoms with Gasteiger partial charge in [0.05, 0.1) is 26.3 Å². The molecule has 2 heterocycles. The van der Waals surface area contributed by atoms with Crippen LogP contribution >= 0.6 is 0 Å². The monoisotopic (exact) mass is 277 g/mol. The lowest BCUT2D eigenvalue weighted by molar-refractivity contribution is -0.784. The molecule has 2 fully saturated rings. The van der Waals surface area contributed by atoms with Crippen LogP contribution in [0.15, 0.2) is 30.3 Å². The van der Waals surface area contributed by atoms with E-state index in [0.717, 1.165) is 31.9 Å². The highest BCUT2D eigenvalue weighted by atomic mass is 16.6. The first-order valence-corrected chi connectivity index (χ1v) is 7.27. The quantitative estimate of drug-likeness (QED) is 0.608. The molecule has 2 saturated heterocycles. The van der Waals surface area contributed by atoms with Crippen LogP contribution in [0.2, 0.25) is 6.32 Å². The highest BCUT2D eigenvalue weighted by Crippen LogP contribution is 2.16. The summed E-state index contributed by atoms with van der Waals surface area (Å²) in [7, 11) is 0. The number of benzene rings is 1. The van der Waals surface area contributed by atoms with Gasteiger partial charge in [-0.2, -0.15) is 0 Å². The van der Waals surface area contributed by atoms with Gasteiger partial charge in [0.2, 0.25) is 0 Å². The zero-order chi connectivity index (χ0) is 13.8. The number of hydrogen-bond acceptors (Lipinski definition) is 4. The Morgan fingerprint density at radius 2 is 1.90 bits per heavy atom. The maximum atomic E-state index is 11.8. The van der Waals surface area contributed by atoms with Crippen LogP contribution in [0.1, 0.15) is 12.0 Å². The van der Waals surface area contributed by atoms with E-state index in [1.165, 1.54) is 4.81 Å². The minimum Gasteiger partial charge on any atom is -0.510 e. The Balaban J connectivity index is 1.45. The van der Waals surface area contributed by atoms with E-state index in [-0.39, 0.29) is 5.97 Å². The number of rotatable bonds is 5. The third-order valence-electron chi connectivity index (χ3n) is 4.21. The third-order valence-corrected chi connectivity index (χ3v) is 4.21. The zero-order valence-corrected chi connectivity index (χ0v) is 11.5. The number of ether oxygens (including phenoxy) is 1. The van der Waals surface area contributed by atoms with Gasteiger partial charge in [0, 0.05) is 6.42 Å². The average molecular weight is 277 g/mol. The minimum atomic E-state index is -1.29. The van der Waals surface area contributed by atoms with Crippen LogP contribution in [0, 0.1) is 0 Å². The molecule has 0 aromatic heterocycles. The maximum absolute atomic E-state index is 11.8. The Morgan fingerprint density at radius 3 is 2.60 bits per heavy atom. The van der Waals surface area contributed by atoms with Crippen LogP contribution in [0.4, 0.5) is 0 Å². The van der Waals surface area contributed by atoms with Crippen LogP contribution in [0.25, 0.3) is 0 Å². The topological polar surface area (TPSA) is 49.2 Å². The van der Waals surface area contributed by atoms with E-state index in [4.69, 9.17) is 14.0 Å². The van der Waals surface area contributed by atoms with E-state index in [2.05, 4.69) is 0 Å². The molecular formula is C14H20BNO4. The number of fused-ring (bicyclic) bond motifs is 1. The fraction of sp³-hybridized carbons (Fsp3) is 0.500. The summed E-state index contributed by atoms with van der Waals surface area (Å²) in [6, 6.07) is 9.71. The van der Waals surface area contributed by atoms with Crippen molar-refractivity contribution in [3.05, 3.63) is 35.9 Å². The van der Waals surface area contributed by atoms with Gasteiger partial charge in [0.25, 0.3) is 0 Å². The predicted molar refractivity (Wildman–Crippen MR) is 74.0 cm³/mol. The first-order valence-electron chi connectivity index (χ1n) is 7.27. The summed E-state index contributed by atoms with van der Waals surface area (Å²) in [5.41, 5.74) is 1.01. The normalized spacial score (nSPS) is 28.3. The Hall–Kier alpha value is -1.37. The van der Waals surface area contributed by atoms with Crippen molar-refractivity contribution in [2.24, 2.45) is 0 Å². The average Bonchev–Trinajstić information content (AvgIpc) is 3.04. The van der Waals surface area contributed by atoms with E-state index in [1.54, 1.807) is 0 Å². The van der Waals surface area contributed by atoms with Gasteiger partial charge in [0.15, 0.2) is 0 Å². The molecule has 3 rings (SSSR count).